The van der Waals surface area contributed by atoms with Gasteiger partial charge < -0.3 is 15.0 Å². The molecule has 2 heterocycles. The van der Waals surface area contributed by atoms with Crippen molar-refractivity contribution < 1.29 is 14.3 Å². The molecule has 2 aromatic carbocycles. The SMILES string of the molecule is CC(C)(C)OC(=O)N1CCc2cc(Cn3cc(C(=O)NC4CC(c5cc(Cl)ccc5C#N)C4)nn3)ccc2C1. The summed E-state index contributed by atoms with van der Waals surface area (Å²) in [6.45, 7) is 7.22. The number of nitrogens with one attached hydrogen (secondary N) is 1. The van der Waals surface area contributed by atoms with E-state index >= 15 is 0 Å². The molecule has 10 heteroatoms. The van der Waals surface area contributed by atoms with Crippen molar-refractivity contribution in [3.05, 3.63) is 81.1 Å². The van der Waals surface area contributed by atoms with Gasteiger partial charge in [0.25, 0.3) is 5.91 Å². The maximum Gasteiger partial charge on any atom is 0.410 e. The van der Waals surface area contributed by atoms with Crippen molar-refractivity contribution in [1.82, 2.24) is 25.2 Å². The third kappa shape index (κ3) is 6.23. The molecule has 202 valence electrons. The average molecular weight is 547 g/mol. The largest absolute Gasteiger partial charge is 0.444 e. The van der Waals surface area contributed by atoms with Crippen LogP contribution in [0.15, 0.2) is 42.6 Å². The highest BCUT2D eigenvalue weighted by atomic mass is 35.5. The van der Waals surface area contributed by atoms with Crippen LogP contribution in [0.4, 0.5) is 4.79 Å². The van der Waals surface area contributed by atoms with Crippen molar-refractivity contribution in [3.63, 3.8) is 0 Å². The van der Waals surface area contributed by atoms with E-state index in [1.54, 1.807) is 27.9 Å². The predicted molar refractivity (Wildman–Crippen MR) is 145 cm³/mol. The van der Waals surface area contributed by atoms with Crippen LogP contribution in [-0.4, -0.2) is 50.1 Å². The van der Waals surface area contributed by atoms with Gasteiger partial charge in [-0.05, 0) is 86.4 Å². The topological polar surface area (TPSA) is 113 Å². The molecule has 1 aliphatic carbocycles. The number of aromatic nitrogens is 3. The molecule has 1 saturated carbocycles. The van der Waals surface area contributed by atoms with E-state index in [0.717, 1.165) is 36.0 Å². The Morgan fingerprint density at radius 3 is 2.72 bits per heavy atom. The van der Waals surface area contributed by atoms with Gasteiger partial charge in [0, 0.05) is 24.2 Å². The maximum absolute atomic E-state index is 12.8. The molecule has 9 nitrogen and oxygen atoms in total. The molecule has 0 spiro atoms. The fraction of sp³-hybridized carbons (Fsp3) is 0.414. The molecule has 0 unspecified atom stereocenters. The normalized spacial score (nSPS) is 18.5. The Hall–Kier alpha value is -3.90. The van der Waals surface area contributed by atoms with Gasteiger partial charge in [0.05, 0.1) is 24.4 Å². The van der Waals surface area contributed by atoms with Gasteiger partial charge in [0.15, 0.2) is 5.69 Å². The minimum absolute atomic E-state index is 0.0130. The van der Waals surface area contributed by atoms with E-state index < -0.39 is 5.60 Å². The number of halogens is 1. The fourth-order valence-electron chi connectivity index (χ4n) is 5.08. The molecular weight excluding hydrogens is 516 g/mol. The highest BCUT2D eigenvalue weighted by molar-refractivity contribution is 6.30. The number of nitriles is 1. The lowest BCUT2D eigenvalue weighted by Crippen LogP contribution is -2.43. The maximum atomic E-state index is 12.8. The van der Waals surface area contributed by atoms with Crippen LogP contribution in [0.5, 0.6) is 0 Å². The molecular formula is C29H31ClN6O3. The summed E-state index contributed by atoms with van der Waals surface area (Å²) in [5, 5.41) is 21.2. The van der Waals surface area contributed by atoms with Crippen LogP contribution < -0.4 is 5.32 Å². The highest BCUT2D eigenvalue weighted by Crippen LogP contribution is 2.39. The van der Waals surface area contributed by atoms with Crippen LogP contribution in [0.1, 0.15) is 77.8 Å². The monoisotopic (exact) mass is 546 g/mol. The van der Waals surface area contributed by atoms with Gasteiger partial charge in [-0.2, -0.15) is 5.26 Å². The van der Waals surface area contributed by atoms with Crippen LogP contribution in [0.2, 0.25) is 5.02 Å². The number of hydrogen-bond acceptors (Lipinski definition) is 6. The third-order valence-electron chi connectivity index (χ3n) is 7.10. The minimum atomic E-state index is -0.520. The van der Waals surface area contributed by atoms with Crippen LogP contribution in [0.3, 0.4) is 0 Å². The van der Waals surface area contributed by atoms with Crippen LogP contribution in [0, 0.1) is 11.3 Å². The molecule has 1 aromatic heterocycles. The first-order valence-electron chi connectivity index (χ1n) is 13.1. The van der Waals surface area contributed by atoms with Crippen molar-refractivity contribution in [2.75, 3.05) is 6.54 Å². The standard InChI is InChI=1S/C29H31ClN6O3/c1-29(2,3)39-28(38)35-9-8-19-10-18(4-5-21(19)16-35)15-36-17-26(33-34-36)27(37)32-24-11-22(12-24)25-13-23(30)7-6-20(25)14-31/h4-7,10,13,17,22,24H,8-9,11-12,15-16H2,1-3H3,(H,32,37). The molecule has 39 heavy (non-hydrogen) atoms. The van der Waals surface area contributed by atoms with E-state index in [4.69, 9.17) is 16.3 Å². The van der Waals surface area contributed by atoms with Gasteiger partial charge in [0.1, 0.15) is 5.60 Å². The first-order valence-corrected chi connectivity index (χ1v) is 13.4. The van der Waals surface area contributed by atoms with E-state index in [-0.39, 0.29) is 29.7 Å². The predicted octanol–water partition coefficient (Wildman–Crippen LogP) is 4.82. The second-order valence-electron chi connectivity index (χ2n) is 11.2. The summed E-state index contributed by atoms with van der Waals surface area (Å²) < 4.78 is 7.16. The van der Waals surface area contributed by atoms with Crippen LogP contribution in [0.25, 0.3) is 0 Å². The molecule has 0 atom stereocenters. The van der Waals surface area contributed by atoms with E-state index in [0.29, 0.717) is 30.2 Å². The number of hydrogen-bond donors (Lipinski definition) is 1. The van der Waals surface area contributed by atoms with Gasteiger partial charge >= 0.3 is 6.09 Å². The Kier molecular flexibility index (Phi) is 7.32. The van der Waals surface area contributed by atoms with E-state index in [1.807, 2.05) is 39.0 Å². The Morgan fingerprint density at radius 2 is 1.97 bits per heavy atom. The van der Waals surface area contributed by atoms with Gasteiger partial charge in [-0.3, -0.25) is 4.79 Å². The van der Waals surface area contributed by atoms with Crippen molar-refractivity contribution in [3.8, 4) is 6.07 Å². The lowest BCUT2D eigenvalue weighted by molar-refractivity contribution is 0.0224. The number of carbonyl (C=O) groups is 2. The van der Waals surface area contributed by atoms with Gasteiger partial charge in [-0.15, -0.1) is 5.10 Å². The van der Waals surface area contributed by atoms with Gasteiger partial charge in [0.2, 0.25) is 0 Å². The first-order chi connectivity index (χ1) is 18.6. The zero-order valence-corrected chi connectivity index (χ0v) is 23.0. The molecule has 1 fully saturated rings. The van der Waals surface area contributed by atoms with E-state index in [1.165, 1.54) is 5.56 Å². The molecule has 0 bridgehead atoms. The number of amides is 2. The Labute approximate surface area is 232 Å². The smallest absolute Gasteiger partial charge is 0.410 e. The van der Waals surface area contributed by atoms with Crippen molar-refractivity contribution in [2.45, 2.75) is 70.7 Å². The number of rotatable bonds is 5. The summed E-state index contributed by atoms with van der Waals surface area (Å²) in [7, 11) is 0. The summed E-state index contributed by atoms with van der Waals surface area (Å²) in [6.07, 6.45) is 3.60. The number of carbonyl (C=O) groups excluding carboxylic acids is 2. The Morgan fingerprint density at radius 1 is 1.18 bits per heavy atom. The third-order valence-corrected chi connectivity index (χ3v) is 7.33. The average Bonchev–Trinajstić information content (AvgIpc) is 3.33. The lowest BCUT2D eigenvalue weighted by atomic mass is 9.74. The molecule has 0 radical (unpaired) electrons. The van der Waals surface area contributed by atoms with Crippen molar-refractivity contribution >= 4 is 23.6 Å². The second kappa shape index (κ2) is 10.7. The van der Waals surface area contributed by atoms with Gasteiger partial charge in [-0.1, -0.05) is 35.0 Å². The molecule has 1 aliphatic heterocycles. The van der Waals surface area contributed by atoms with Gasteiger partial charge in [-0.25, -0.2) is 9.48 Å². The number of fused-ring (bicyclic) bond motifs is 1. The van der Waals surface area contributed by atoms with Crippen molar-refractivity contribution in [2.24, 2.45) is 0 Å². The van der Waals surface area contributed by atoms with Crippen molar-refractivity contribution in [1.29, 1.82) is 5.26 Å². The quantitative estimate of drug-likeness (QED) is 0.491. The molecule has 1 N–H and O–H groups in total. The minimum Gasteiger partial charge on any atom is -0.444 e. The molecule has 0 saturated heterocycles. The summed E-state index contributed by atoms with van der Waals surface area (Å²) in [4.78, 5) is 26.9. The summed E-state index contributed by atoms with van der Waals surface area (Å²) >= 11 is 6.12. The van der Waals surface area contributed by atoms with Crippen LogP contribution in [-0.2, 0) is 24.2 Å². The number of ether oxygens (including phenoxy) is 1. The second-order valence-corrected chi connectivity index (χ2v) is 11.7. The lowest BCUT2D eigenvalue weighted by Gasteiger charge is -2.36. The summed E-state index contributed by atoms with van der Waals surface area (Å²) in [5.41, 5.74) is 4.66. The highest BCUT2D eigenvalue weighted by Gasteiger charge is 2.33. The number of benzene rings is 2. The van der Waals surface area contributed by atoms with E-state index in [2.05, 4.69) is 27.8 Å². The zero-order valence-electron chi connectivity index (χ0n) is 22.3. The Bertz CT molecular complexity index is 1450. The summed E-state index contributed by atoms with van der Waals surface area (Å²) in [5.74, 6) is -0.0662. The molecule has 5 rings (SSSR count). The van der Waals surface area contributed by atoms with Crippen LogP contribution >= 0.6 is 11.6 Å². The first kappa shape index (κ1) is 26.7. The zero-order chi connectivity index (χ0) is 27.7. The Balaban J connectivity index is 1.14. The number of nitrogens with zero attached hydrogens (tertiary/aromatic N) is 5. The fourth-order valence-corrected chi connectivity index (χ4v) is 5.26. The molecule has 2 amide bonds. The van der Waals surface area contributed by atoms with E-state index in [9.17, 15) is 14.9 Å². The molecule has 2 aliphatic rings. The summed E-state index contributed by atoms with van der Waals surface area (Å²) in [6, 6.07) is 13.7. The molecule has 3 aromatic rings.